The Hall–Kier alpha value is -1.72. The number of aromatic nitrogens is 2. The molecule has 1 aromatic heterocycles. The molecular weight excluding hydrogens is 342 g/mol. The molecule has 2 aromatic carbocycles. The average molecular weight is 353 g/mol. The molecule has 0 saturated carbocycles. The van der Waals surface area contributed by atoms with E-state index in [0.29, 0.717) is 16.5 Å². The van der Waals surface area contributed by atoms with E-state index in [-0.39, 0.29) is 0 Å². The zero-order chi connectivity index (χ0) is 14.3. The number of H-pyrrole nitrogens is 1. The molecule has 3 aromatic rings. The van der Waals surface area contributed by atoms with Gasteiger partial charge in [-0.15, -0.1) is 0 Å². The summed E-state index contributed by atoms with van der Waals surface area (Å²) in [5.41, 5.74) is 8.84. The maximum Gasteiger partial charge on any atom is 0.140 e. The van der Waals surface area contributed by atoms with Crippen LogP contribution in [0.1, 0.15) is 0 Å². The van der Waals surface area contributed by atoms with Crippen molar-refractivity contribution >= 4 is 44.3 Å². The summed E-state index contributed by atoms with van der Waals surface area (Å²) in [5, 5.41) is 0.562. The Morgan fingerprint density at radius 2 is 2.10 bits per heavy atom. The standard InChI is InChI=1S/C14H11BrClN3O/c1-20-8-5-10(15)13-12(6-8)18-14(19-13)9-3-2-7(17)4-11(9)16/h2-6H,17H2,1H3,(H,18,19). The van der Waals surface area contributed by atoms with Gasteiger partial charge < -0.3 is 15.5 Å². The van der Waals surface area contributed by atoms with E-state index >= 15 is 0 Å². The fraction of sp³-hybridized carbons (Fsp3) is 0.0714. The van der Waals surface area contributed by atoms with Gasteiger partial charge >= 0.3 is 0 Å². The van der Waals surface area contributed by atoms with Crippen LogP contribution in [0, 0.1) is 0 Å². The molecule has 20 heavy (non-hydrogen) atoms. The highest BCUT2D eigenvalue weighted by molar-refractivity contribution is 9.10. The Balaban J connectivity index is 2.20. The van der Waals surface area contributed by atoms with Gasteiger partial charge in [-0.05, 0) is 40.2 Å². The molecular formula is C14H11BrClN3O. The Morgan fingerprint density at radius 3 is 2.80 bits per heavy atom. The molecule has 0 fully saturated rings. The molecule has 6 heteroatoms. The van der Waals surface area contributed by atoms with Gasteiger partial charge in [-0.2, -0.15) is 0 Å². The van der Waals surface area contributed by atoms with Crippen LogP contribution in [0.4, 0.5) is 5.69 Å². The van der Waals surface area contributed by atoms with Gasteiger partial charge in [0.1, 0.15) is 17.1 Å². The molecule has 3 N–H and O–H groups in total. The molecule has 0 aliphatic rings. The van der Waals surface area contributed by atoms with E-state index in [4.69, 9.17) is 22.1 Å². The molecule has 102 valence electrons. The quantitative estimate of drug-likeness (QED) is 0.678. The minimum Gasteiger partial charge on any atom is -0.497 e. The number of nitrogens with two attached hydrogens (primary N) is 1. The van der Waals surface area contributed by atoms with Crippen molar-refractivity contribution in [3.63, 3.8) is 0 Å². The van der Waals surface area contributed by atoms with Crippen LogP contribution in [0.2, 0.25) is 5.02 Å². The van der Waals surface area contributed by atoms with Crippen molar-refractivity contribution in [3.8, 4) is 17.1 Å². The summed E-state index contributed by atoms with van der Waals surface area (Å²) >= 11 is 9.70. The number of nitrogens with zero attached hydrogens (tertiary/aromatic N) is 1. The lowest BCUT2D eigenvalue weighted by Gasteiger charge is -2.01. The lowest BCUT2D eigenvalue weighted by atomic mass is 10.2. The van der Waals surface area contributed by atoms with Gasteiger partial charge in [-0.1, -0.05) is 11.6 Å². The first-order valence-electron chi connectivity index (χ1n) is 5.87. The van der Waals surface area contributed by atoms with Crippen LogP contribution < -0.4 is 10.5 Å². The van der Waals surface area contributed by atoms with Crippen molar-refractivity contribution in [1.82, 2.24) is 9.97 Å². The second-order valence-electron chi connectivity index (χ2n) is 4.33. The predicted octanol–water partition coefficient (Wildman–Crippen LogP) is 4.24. The highest BCUT2D eigenvalue weighted by Gasteiger charge is 2.12. The lowest BCUT2D eigenvalue weighted by molar-refractivity contribution is 0.415. The summed E-state index contributed by atoms with van der Waals surface area (Å²) in [4.78, 5) is 7.81. The van der Waals surface area contributed by atoms with Crippen molar-refractivity contribution in [2.75, 3.05) is 12.8 Å². The molecule has 0 atom stereocenters. The summed E-state index contributed by atoms with van der Waals surface area (Å²) in [6.07, 6.45) is 0. The van der Waals surface area contributed by atoms with Crippen LogP contribution in [0.25, 0.3) is 22.4 Å². The maximum absolute atomic E-state index is 6.21. The van der Waals surface area contributed by atoms with Crippen molar-refractivity contribution in [2.24, 2.45) is 0 Å². The van der Waals surface area contributed by atoms with Gasteiger partial charge in [-0.3, -0.25) is 0 Å². The van der Waals surface area contributed by atoms with Crippen molar-refractivity contribution in [2.45, 2.75) is 0 Å². The van der Waals surface area contributed by atoms with E-state index < -0.39 is 0 Å². The summed E-state index contributed by atoms with van der Waals surface area (Å²) in [5.74, 6) is 1.45. The first kappa shape index (κ1) is 13.3. The molecule has 0 aliphatic carbocycles. The number of halogens is 2. The molecule has 0 spiro atoms. The third kappa shape index (κ3) is 2.23. The van der Waals surface area contributed by atoms with E-state index in [1.54, 1.807) is 19.2 Å². The number of fused-ring (bicyclic) bond motifs is 1. The van der Waals surface area contributed by atoms with Gasteiger partial charge in [0, 0.05) is 21.8 Å². The second kappa shape index (κ2) is 5.00. The minimum atomic E-state index is 0.562. The summed E-state index contributed by atoms with van der Waals surface area (Å²) < 4.78 is 6.10. The van der Waals surface area contributed by atoms with Gasteiger partial charge in [-0.25, -0.2) is 4.98 Å². The number of anilines is 1. The van der Waals surface area contributed by atoms with E-state index in [0.717, 1.165) is 26.8 Å². The van der Waals surface area contributed by atoms with Crippen LogP contribution in [0.5, 0.6) is 5.75 Å². The van der Waals surface area contributed by atoms with Gasteiger partial charge in [0.25, 0.3) is 0 Å². The summed E-state index contributed by atoms with van der Waals surface area (Å²) in [6.45, 7) is 0. The predicted molar refractivity (Wildman–Crippen MR) is 85.2 cm³/mol. The van der Waals surface area contributed by atoms with E-state index in [1.165, 1.54) is 0 Å². The third-order valence-corrected chi connectivity index (χ3v) is 3.91. The summed E-state index contributed by atoms with van der Waals surface area (Å²) in [6, 6.07) is 9.11. The van der Waals surface area contributed by atoms with E-state index in [1.807, 2.05) is 18.2 Å². The number of rotatable bonds is 2. The van der Waals surface area contributed by atoms with E-state index in [2.05, 4.69) is 25.9 Å². The van der Waals surface area contributed by atoms with E-state index in [9.17, 15) is 0 Å². The molecule has 4 nitrogen and oxygen atoms in total. The first-order chi connectivity index (χ1) is 9.58. The lowest BCUT2D eigenvalue weighted by Crippen LogP contribution is -1.87. The number of hydrogen-bond acceptors (Lipinski definition) is 3. The molecule has 0 radical (unpaired) electrons. The smallest absolute Gasteiger partial charge is 0.140 e. The topological polar surface area (TPSA) is 63.9 Å². The molecule has 0 bridgehead atoms. The number of nitrogen functional groups attached to an aromatic ring is 1. The van der Waals surface area contributed by atoms with Gasteiger partial charge in [0.15, 0.2) is 0 Å². The molecule has 0 amide bonds. The zero-order valence-electron chi connectivity index (χ0n) is 10.6. The van der Waals surface area contributed by atoms with Crippen LogP contribution in [-0.2, 0) is 0 Å². The Morgan fingerprint density at radius 1 is 1.30 bits per heavy atom. The van der Waals surface area contributed by atoms with Crippen molar-refractivity contribution < 1.29 is 4.74 Å². The minimum absolute atomic E-state index is 0.562. The Labute approximate surface area is 129 Å². The highest BCUT2D eigenvalue weighted by Crippen LogP contribution is 2.33. The largest absolute Gasteiger partial charge is 0.497 e. The van der Waals surface area contributed by atoms with Crippen LogP contribution in [0.15, 0.2) is 34.8 Å². The number of nitrogens with one attached hydrogen (secondary N) is 1. The Bertz CT molecular complexity index is 800. The molecule has 0 saturated heterocycles. The number of methoxy groups -OCH3 is 1. The van der Waals surface area contributed by atoms with Crippen molar-refractivity contribution in [1.29, 1.82) is 0 Å². The number of aromatic amines is 1. The summed E-state index contributed by atoms with van der Waals surface area (Å²) in [7, 11) is 1.63. The zero-order valence-corrected chi connectivity index (χ0v) is 12.9. The van der Waals surface area contributed by atoms with Crippen molar-refractivity contribution in [3.05, 3.63) is 39.8 Å². The fourth-order valence-corrected chi connectivity index (χ4v) is 2.83. The second-order valence-corrected chi connectivity index (χ2v) is 5.59. The van der Waals surface area contributed by atoms with Crippen LogP contribution >= 0.6 is 27.5 Å². The number of ether oxygens (including phenoxy) is 1. The Kier molecular flexibility index (Phi) is 3.31. The third-order valence-electron chi connectivity index (χ3n) is 3.00. The maximum atomic E-state index is 6.21. The molecule has 0 aliphatic heterocycles. The molecule has 1 heterocycles. The highest BCUT2D eigenvalue weighted by atomic mass is 79.9. The van der Waals surface area contributed by atoms with Gasteiger partial charge in [0.05, 0.1) is 17.6 Å². The number of benzene rings is 2. The molecule has 0 unspecified atom stereocenters. The van der Waals surface area contributed by atoms with Gasteiger partial charge in [0.2, 0.25) is 0 Å². The first-order valence-corrected chi connectivity index (χ1v) is 7.04. The monoisotopic (exact) mass is 351 g/mol. The fourth-order valence-electron chi connectivity index (χ4n) is 2.02. The van der Waals surface area contributed by atoms with Crippen LogP contribution in [0.3, 0.4) is 0 Å². The average Bonchev–Trinajstić information content (AvgIpc) is 2.82. The normalized spacial score (nSPS) is 10.9. The SMILES string of the molecule is COc1cc(Br)c2nc(-c3ccc(N)cc3Cl)[nH]c2c1. The number of imidazole rings is 1. The van der Waals surface area contributed by atoms with Crippen LogP contribution in [-0.4, -0.2) is 17.1 Å². The number of hydrogen-bond donors (Lipinski definition) is 2. The molecule has 3 rings (SSSR count).